The molecule has 3 aromatic rings. The molecule has 0 atom stereocenters. The third-order valence-electron chi connectivity index (χ3n) is 4.34. The average molecular weight is 298 g/mol. The first kappa shape index (κ1) is 13.5. The molecule has 1 aliphatic rings. The molecule has 22 heavy (non-hydrogen) atoms. The molecule has 2 nitrogen and oxygen atoms in total. The van der Waals surface area contributed by atoms with Crippen LogP contribution in [0.3, 0.4) is 0 Å². The van der Waals surface area contributed by atoms with E-state index in [9.17, 15) is 8.78 Å². The standard InChI is InChI=1S/C18H16F2N2/c19-13-3-1-12(2-4-13)11-22-17-6-5-14(20)9-15(17)16-10-21-8-7-18(16)22/h1-6,9,21H,7-8,10-11H2. The van der Waals surface area contributed by atoms with Crippen LogP contribution < -0.4 is 5.32 Å². The van der Waals surface area contributed by atoms with E-state index in [0.717, 1.165) is 36.0 Å². The Balaban J connectivity index is 1.87. The van der Waals surface area contributed by atoms with Gasteiger partial charge in [0.25, 0.3) is 0 Å². The largest absolute Gasteiger partial charge is 0.340 e. The van der Waals surface area contributed by atoms with Crippen LogP contribution in [-0.4, -0.2) is 11.1 Å². The van der Waals surface area contributed by atoms with Crippen LogP contribution in [0.1, 0.15) is 16.8 Å². The first-order valence-electron chi connectivity index (χ1n) is 7.47. The first-order valence-corrected chi connectivity index (χ1v) is 7.47. The van der Waals surface area contributed by atoms with Gasteiger partial charge in [-0.2, -0.15) is 0 Å². The summed E-state index contributed by atoms with van der Waals surface area (Å²) in [6.07, 6.45) is 0.923. The number of benzene rings is 2. The normalized spacial score (nSPS) is 14.3. The van der Waals surface area contributed by atoms with Gasteiger partial charge in [0, 0.05) is 42.7 Å². The summed E-state index contributed by atoms with van der Waals surface area (Å²) < 4.78 is 28.9. The Kier molecular flexibility index (Phi) is 3.19. The van der Waals surface area contributed by atoms with Gasteiger partial charge in [-0.1, -0.05) is 12.1 Å². The van der Waals surface area contributed by atoms with Gasteiger partial charge >= 0.3 is 0 Å². The summed E-state index contributed by atoms with van der Waals surface area (Å²) >= 11 is 0. The summed E-state index contributed by atoms with van der Waals surface area (Å²) in [4.78, 5) is 0. The first-order chi connectivity index (χ1) is 10.7. The van der Waals surface area contributed by atoms with Crippen LogP contribution in [0.2, 0.25) is 0 Å². The molecule has 0 spiro atoms. The number of hydrogen-bond acceptors (Lipinski definition) is 1. The van der Waals surface area contributed by atoms with Gasteiger partial charge in [0.2, 0.25) is 0 Å². The van der Waals surface area contributed by atoms with Crippen molar-refractivity contribution in [1.82, 2.24) is 9.88 Å². The van der Waals surface area contributed by atoms with Crippen molar-refractivity contribution in [3.63, 3.8) is 0 Å². The molecular formula is C18H16F2N2. The molecule has 1 aliphatic heterocycles. The van der Waals surface area contributed by atoms with Crippen LogP contribution in [0.25, 0.3) is 10.9 Å². The van der Waals surface area contributed by atoms with Gasteiger partial charge in [-0.3, -0.25) is 0 Å². The third kappa shape index (κ3) is 2.20. The number of aromatic nitrogens is 1. The maximum Gasteiger partial charge on any atom is 0.123 e. The molecule has 0 fully saturated rings. The molecule has 4 heteroatoms. The molecule has 1 N–H and O–H groups in total. The highest BCUT2D eigenvalue weighted by Crippen LogP contribution is 2.30. The summed E-state index contributed by atoms with van der Waals surface area (Å²) in [5, 5.41) is 4.33. The summed E-state index contributed by atoms with van der Waals surface area (Å²) in [6.45, 7) is 2.37. The van der Waals surface area contributed by atoms with Crippen LogP contribution >= 0.6 is 0 Å². The second-order valence-electron chi connectivity index (χ2n) is 5.73. The number of rotatable bonds is 2. The molecule has 1 aromatic heterocycles. The van der Waals surface area contributed by atoms with E-state index in [1.54, 1.807) is 18.2 Å². The summed E-state index contributed by atoms with van der Waals surface area (Å²) in [6, 6.07) is 11.5. The fourth-order valence-electron chi connectivity index (χ4n) is 3.31. The molecule has 0 unspecified atom stereocenters. The van der Waals surface area contributed by atoms with Crippen LogP contribution in [0, 0.1) is 11.6 Å². The highest BCUT2D eigenvalue weighted by atomic mass is 19.1. The smallest absolute Gasteiger partial charge is 0.123 e. The Morgan fingerprint density at radius 1 is 1.00 bits per heavy atom. The number of fused-ring (bicyclic) bond motifs is 3. The van der Waals surface area contributed by atoms with Gasteiger partial charge in [0.1, 0.15) is 11.6 Å². The van der Waals surface area contributed by atoms with Gasteiger partial charge < -0.3 is 9.88 Å². The second-order valence-corrected chi connectivity index (χ2v) is 5.73. The Labute approximate surface area is 127 Å². The lowest BCUT2D eigenvalue weighted by molar-refractivity contribution is 0.609. The number of nitrogens with one attached hydrogen (secondary N) is 1. The van der Waals surface area contributed by atoms with Crippen LogP contribution in [-0.2, 0) is 19.5 Å². The number of halogens is 2. The van der Waals surface area contributed by atoms with Gasteiger partial charge in [0.15, 0.2) is 0 Å². The lowest BCUT2D eigenvalue weighted by Crippen LogP contribution is -2.24. The molecule has 2 aromatic carbocycles. The third-order valence-corrected chi connectivity index (χ3v) is 4.34. The minimum absolute atomic E-state index is 0.209. The molecule has 0 bridgehead atoms. The Hall–Kier alpha value is -2.20. The maximum atomic E-state index is 13.6. The predicted octanol–water partition coefficient (Wildman–Crippen LogP) is 3.61. The van der Waals surface area contributed by atoms with Crippen molar-refractivity contribution in [2.24, 2.45) is 0 Å². The Morgan fingerprint density at radius 3 is 2.59 bits per heavy atom. The van der Waals surface area contributed by atoms with E-state index in [0.29, 0.717) is 6.54 Å². The van der Waals surface area contributed by atoms with E-state index >= 15 is 0 Å². The molecule has 0 aliphatic carbocycles. The molecule has 2 heterocycles. The van der Waals surface area contributed by atoms with Gasteiger partial charge in [-0.25, -0.2) is 8.78 Å². The van der Waals surface area contributed by atoms with Crippen LogP contribution in [0.15, 0.2) is 42.5 Å². The number of hydrogen-bond donors (Lipinski definition) is 1. The van der Waals surface area contributed by atoms with Crippen molar-refractivity contribution >= 4 is 10.9 Å². The zero-order valence-corrected chi connectivity index (χ0v) is 12.1. The van der Waals surface area contributed by atoms with Crippen molar-refractivity contribution in [2.75, 3.05) is 6.54 Å². The Morgan fingerprint density at radius 2 is 1.77 bits per heavy atom. The average Bonchev–Trinajstić information content (AvgIpc) is 2.83. The van der Waals surface area contributed by atoms with E-state index in [1.807, 2.05) is 6.07 Å². The predicted molar refractivity (Wildman–Crippen MR) is 82.8 cm³/mol. The van der Waals surface area contributed by atoms with E-state index in [4.69, 9.17) is 0 Å². The van der Waals surface area contributed by atoms with Crippen molar-refractivity contribution in [3.8, 4) is 0 Å². The lowest BCUT2D eigenvalue weighted by atomic mass is 10.1. The monoisotopic (exact) mass is 298 g/mol. The van der Waals surface area contributed by atoms with Crippen LogP contribution in [0.4, 0.5) is 8.78 Å². The molecular weight excluding hydrogens is 282 g/mol. The highest BCUT2D eigenvalue weighted by molar-refractivity contribution is 5.86. The molecule has 4 rings (SSSR count). The van der Waals surface area contributed by atoms with Gasteiger partial charge in [-0.15, -0.1) is 0 Å². The summed E-state index contributed by atoms with van der Waals surface area (Å²) in [5.41, 5.74) is 4.52. The second kappa shape index (κ2) is 5.21. The van der Waals surface area contributed by atoms with E-state index in [-0.39, 0.29) is 11.6 Å². The fraction of sp³-hybridized carbons (Fsp3) is 0.222. The van der Waals surface area contributed by atoms with Crippen molar-refractivity contribution in [2.45, 2.75) is 19.5 Å². The molecule has 0 saturated carbocycles. The minimum Gasteiger partial charge on any atom is -0.340 e. The minimum atomic E-state index is -0.227. The molecule has 112 valence electrons. The zero-order chi connectivity index (χ0) is 15.1. The zero-order valence-electron chi connectivity index (χ0n) is 12.1. The van der Waals surface area contributed by atoms with Crippen molar-refractivity contribution in [3.05, 3.63) is 70.9 Å². The Bertz CT molecular complexity index is 834. The lowest BCUT2D eigenvalue weighted by Gasteiger charge is -2.17. The fourth-order valence-corrected chi connectivity index (χ4v) is 3.31. The van der Waals surface area contributed by atoms with E-state index in [1.165, 1.54) is 29.5 Å². The van der Waals surface area contributed by atoms with Crippen molar-refractivity contribution in [1.29, 1.82) is 0 Å². The van der Waals surface area contributed by atoms with Gasteiger partial charge in [-0.05, 0) is 41.5 Å². The molecule has 0 radical (unpaired) electrons. The highest BCUT2D eigenvalue weighted by Gasteiger charge is 2.20. The van der Waals surface area contributed by atoms with Gasteiger partial charge in [0.05, 0.1) is 0 Å². The van der Waals surface area contributed by atoms with Crippen LogP contribution in [0.5, 0.6) is 0 Å². The quantitative estimate of drug-likeness (QED) is 0.765. The molecule has 0 amide bonds. The summed E-state index contributed by atoms with van der Waals surface area (Å²) in [7, 11) is 0. The van der Waals surface area contributed by atoms with Crippen molar-refractivity contribution < 1.29 is 8.78 Å². The maximum absolute atomic E-state index is 13.6. The topological polar surface area (TPSA) is 17.0 Å². The van der Waals surface area contributed by atoms with E-state index in [2.05, 4.69) is 9.88 Å². The van der Waals surface area contributed by atoms with E-state index < -0.39 is 0 Å². The SMILES string of the molecule is Fc1ccc(Cn2c3c(c4cc(F)ccc42)CNCC3)cc1. The number of nitrogens with zero attached hydrogens (tertiary/aromatic N) is 1. The summed E-state index contributed by atoms with van der Waals surface area (Å²) in [5.74, 6) is -0.436. The molecule has 0 saturated heterocycles.